The van der Waals surface area contributed by atoms with E-state index in [9.17, 15) is 4.79 Å². The fraction of sp³-hybridized carbons (Fsp3) is 0.409. The van der Waals surface area contributed by atoms with Crippen molar-refractivity contribution in [3.8, 4) is 0 Å². The van der Waals surface area contributed by atoms with Crippen LogP contribution in [0, 0.1) is 5.92 Å². The molecular weight excluding hydrogens is 358 g/mol. The van der Waals surface area contributed by atoms with Crippen LogP contribution in [0.15, 0.2) is 48.5 Å². The predicted molar refractivity (Wildman–Crippen MR) is 113 cm³/mol. The van der Waals surface area contributed by atoms with Crippen LogP contribution in [0.2, 0.25) is 5.02 Å². The molecule has 0 saturated carbocycles. The van der Waals surface area contributed by atoms with Gasteiger partial charge in [-0.25, -0.2) is 0 Å². The van der Waals surface area contributed by atoms with Gasteiger partial charge >= 0.3 is 0 Å². The molecule has 27 heavy (non-hydrogen) atoms. The third-order valence-corrected chi connectivity index (χ3v) is 5.38. The first-order valence-electron chi connectivity index (χ1n) is 9.57. The van der Waals surface area contributed by atoms with Crippen LogP contribution < -0.4 is 10.6 Å². The van der Waals surface area contributed by atoms with Gasteiger partial charge < -0.3 is 15.5 Å². The molecule has 2 N–H and O–H groups in total. The van der Waals surface area contributed by atoms with Crippen LogP contribution >= 0.6 is 11.6 Å². The molecule has 0 aromatic heterocycles. The summed E-state index contributed by atoms with van der Waals surface area (Å²) in [6.07, 6.45) is 1.57. The zero-order valence-electron chi connectivity index (χ0n) is 16.1. The summed E-state index contributed by atoms with van der Waals surface area (Å²) in [5.74, 6) is 0.635. The molecule has 0 bridgehead atoms. The zero-order chi connectivity index (χ0) is 19.4. The van der Waals surface area contributed by atoms with Gasteiger partial charge in [-0.1, -0.05) is 55.8 Å². The number of amides is 1. The number of halogens is 1. The van der Waals surface area contributed by atoms with E-state index in [4.69, 9.17) is 17.3 Å². The van der Waals surface area contributed by atoms with Gasteiger partial charge in [-0.2, -0.15) is 0 Å². The summed E-state index contributed by atoms with van der Waals surface area (Å²) >= 11 is 6.29. The monoisotopic (exact) mass is 385 g/mol. The fourth-order valence-corrected chi connectivity index (χ4v) is 3.78. The quantitative estimate of drug-likeness (QED) is 0.740. The number of nitrogens with two attached hydrogens (primary N) is 1. The van der Waals surface area contributed by atoms with E-state index in [0.29, 0.717) is 23.0 Å². The number of carbonyl (C=O) groups is 1. The number of nitrogens with zero attached hydrogens (tertiary/aromatic N) is 2. The van der Waals surface area contributed by atoms with Gasteiger partial charge in [0.25, 0.3) is 0 Å². The molecule has 1 heterocycles. The highest BCUT2D eigenvalue weighted by molar-refractivity contribution is 6.33. The van der Waals surface area contributed by atoms with Crippen molar-refractivity contribution in [1.82, 2.24) is 4.90 Å². The van der Waals surface area contributed by atoms with Crippen molar-refractivity contribution in [3.05, 3.63) is 59.1 Å². The van der Waals surface area contributed by atoms with Crippen LogP contribution in [0.1, 0.15) is 32.3 Å². The second-order valence-corrected chi connectivity index (χ2v) is 8.11. The minimum atomic E-state index is 0.252. The third-order valence-electron chi connectivity index (χ3n) is 5.05. The molecule has 1 amide bonds. The summed E-state index contributed by atoms with van der Waals surface area (Å²) in [5.41, 5.74) is 8.76. The van der Waals surface area contributed by atoms with Gasteiger partial charge in [0.05, 0.1) is 10.7 Å². The fourth-order valence-electron chi connectivity index (χ4n) is 3.61. The van der Waals surface area contributed by atoms with Gasteiger partial charge in [0.2, 0.25) is 5.91 Å². The maximum atomic E-state index is 12.5. The lowest BCUT2D eigenvalue weighted by molar-refractivity contribution is -0.130. The summed E-state index contributed by atoms with van der Waals surface area (Å²) in [5, 5.41) is 0.566. The minimum Gasteiger partial charge on any atom is -0.398 e. The molecule has 2 aromatic rings. The normalized spacial score (nSPS) is 16.7. The van der Waals surface area contributed by atoms with Crippen LogP contribution in [0.4, 0.5) is 11.4 Å². The Bertz CT molecular complexity index is 778. The molecule has 1 atom stereocenters. The average Bonchev–Trinajstić information content (AvgIpc) is 3.12. The van der Waals surface area contributed by atoms with E-state index in [-0.39, 0.29) is 11.9 Å². The van der Waals surface area contributed by atoms with Crippen LogP contribution in [0.3, 0.4) is 0 Å². The topological polar surface area (TPSA) is 49.6 Å². The molecule has 1 fully saturated rings. The van der Waals surface area contributed by atoms with Crippen molar-refractivity contribution in [2.75, 3.05) is 23.7 Å². The molecule has 0 aliphatic carbocycles. The number of rotatable bonds is 6. The van der Waals surface area contributed by atoms with Gasteiger partial charge in [-0.15, -0.1) is 0 Å². The van der Waals surface area contributed by atoms with Crippen molar-refractivity contribution in [1.29, 1.82) is 0 Å². The maximum absolute atomic E-state index is 12.5. The van der Waals surface area contributed by atoms with E-state index in [1.54, 1.807) is 0 Å². The molecule has 0 spiro atoms. The highest BCUT2D eigenvalue weighted by atomic mass is 35.5. The number of anilines is 2. The molecule has 1 aliphatic rings. The Morgan fingerprint density at radius 2 is 2.00 bits per heavy atom. The molecule has 0 unspecified atom stereocenters. The van der Waals surface area contributed by atoms with E-state index in [1.165, 1.54) is 5.56 Å². The first-order chi connectivity index (χ1) is 12.9. The van der Waals surface area contributed by atoms with Crippen molar-refractivity contribution < 1.29 is 4.79 Å². The largest absolute Gasteiger partial charge is 0.398 e. The first kappa shape index (κ1) is 19.6. The first-order valence-corrected chi connectivity index (χ1v) is 9.95. The van der Waals surface area contributed by atoms with Gasteiger partial charge in [0.15, 0.2) is 0 Å². The molecule has 3 rings (SSSR count). The smallest absolute Gasteiger partial charge is 0.222 e. The van der Waals surface area contributed by atoms with Crippen LogP contribution in [-0.2, 0) is 11.3 Å². The Hall–Kier alpha value is -2.20. The van der Waals surface area contributed by atoms with E-state index in [2.05, 4.69) is 43.0 Å². The number of hydrogen-bond donors (Lipinski definition) is 1. The zero-order valence-corrected chi connectivity index (χ0v) is 16.8. The Balaban J connectivity index is 1.81. The van der Waals surface area contributed by atoms with Crippen LogP contribution in [-0.4, -0.2) is 29.9 Å². The van der Waals surface area contributed by atoms with Gasteiger partial charge in [-0.05, 0) is 36.1 Å². The lowest BCUT2D eigenvalue weighted by atomic mass is 10.1. The van der Waals surface area contributed by atoms with Gasteiger partial charge in [0, 0.05) is 37.8 Å². The van der Waals surface area contributed by atoms with Gasteiger partial charge in [-0.3, -0.25) is 4.79 Å². The molecular formula is C22H28ClN3O. The van der Waals surface area contributed by atoms with Crippen molar-refractivity contribution in [2.45, 2.75) is 39.3 Å². The molecule has 144 valence electrons. The Labute approximate surface area is 166 Å². The van der Waals surface area contributed by atoms with E-state index in [1.807, 2.05) is 29.2 Å². The van der Waals surface area contributed by atoms with Crippen molar-refractivity contribution in [3.63, 3.8) is 0 Å². The number of hydrogen-bond acceptors (Lipinski definition) is 3. The SMILES string of the molecule is CC(C)CC(=O)N1CC[C@H](N(Cc2ccccc2)c2ccc(N)c(Cl)c2)C1. The number of benzene rings is 2. The third kappa shape index (κ3) is 4.95. The molecule has 5 heteroatoms. The molecule has 0 radical (unpaired) electrons. The minimum absolute atomic E-state index is 0.252. The lowest BCUT2D eigenvalue weighted by Gasteiger charge is -2.32. The van der Waals surface area contributed by atoms with Crippen molar-refractivity contribution >= 4 is 28.9 Å². The maximum Gasteiger partial charge on any atom is 0.222 e. The number of likely N-dealkylation sites (tertiary alicyclic amines) is 1. The van der Waals surface area contributed by atoms with Crippen LogP contribution in [0.5, 0.6) is 0 Å². The highest BCUT2D eigenvalue weighted by Crippen LogP contribution is 2.30. The molecule has 2 aromatic carbocycles. The van der Waals surface area contributed by atoms with Crippen LogP contribution in [0.25, 0.3) is 0 Å². The van der Waals surface area contributed by atoms with Gasteiger partial charge in [0.1, 0.15) is 0 Å². The van der Waals surface area contributed by atoms with E-state index >= 15 is 0 Å². The number of carbonyl (C=O) groups excluding carboxylic acids is 1. The van der Waals surface area contributed by atoms with E-state index < -0.39 is 0 Å². The lowest BCUT2D eigenvalue weighted by Crippen LogP contribution is -2.39. The number of nitrogen functional groups attached to an aromatic ring is 1. The Morgan fingerprint density at radius 1 is 1.26 bits per heavy atom. The standard InChI is InChI=1S/C22H28ClN3O/c1-16(2)12-22(27)25-11-10-19(15-25)26(14-17-6-4-3-5-7-17)18-8-9-21(24)20(23)13-18/h3-9,13,16,19H,10-12,14-15,24H2,1-2H3/t19-/m0/s1. The average molecular weight is 386 g/mol. The van der Waals surface area contributed by atoms with Crippen molar-refractivity contribution in [2.24, 2.45) is 5.92 Å². The second-order valence-electron chi connectivity index (χ2n) is 7.70. The summed E-state index contributed by atoms with van der Waals surface area (Å²) in [6, 6.07) is 16.4. The Kier molecular flexibility index (Phi) is 6.27. The highest BCUT2D eigenvalue weighted by Gasteiger charge is 2.31. The molecule has 1 aliphatic heterocycles. The summed E-state index contributed by atoms with van der Waals surface area (Å²) in [7, 11) is 0. The molecule has 4 nitrogen and oxygen atoms in total. The molecule has 1 saturated heterocycles. The summed E-state index contributed by atoms with van der Waals surface area (Å²) in [6.45, 7) is 6.51. The van der Waals surface area contributed by atoms with E-state index in [0.717, 1.165) is 31.7 Å². The summed E-state index contributed by atoms with van der Waals surface area (Å²) in [4.78, 5) is 16.8. The predicted octanol–water partition coefficient (Wildman–Crippen LogP) is 4.58. The summed E-state index contributed by atoms with van der Waals surface area (Å²) < 4.78 is 0. The Morgan fingerprint density at radius 3 is 2.67 bits per heavy atom. The second kappa shape index (κ2) is 8.66.